The number of amides is 2. The Bertz CT molecular complexity index is 1160. The van der Waals surface area contributed by atoms with Gasteiger partial charge in [-0.3, -0.25) is 9.59 Å². The van der Waals surface area contributed by atoms with Crippen molar-refractivity contribution in [3.05, 3.63) is 75.2 Å². The molecule has 0 fully saturated rings. The molecule has 35 heavy (non-hydrogen) atoms. The molecule has 0 bridgehead atoms. The number of carbonyl (C=O) groups is 2. The Balaban J connectivity index is 1.38. The molecule has 0 unspecified atom stereocenters. The largest absolute Gasteiger partial charge is 0.573 e. The average Bonchev–Trinajstić information content (AvgIpc) is 3.27. The molecule has 0 aliphatic carbocycles. The molecule has 0 atom stereocenters. The third kappa shape index (κ3) is 8.60. The minimum atomic E-state index is -4.78. The first kappa shape index (κ1) is 26.0. The lowest BCUT2D eigenvalue weighted by molar-refractivity contribution is -0.274. The number of alkyl halides is 3. The summed E-state index contributed by atoms with van der Waals surface area (Å²) in [5, 5.41) is 7.63. The topological polar surface area (TPSA) is 89.6 Å². The predicted molar refractivity (Wildman–Crippen MR) is 125 cm³/mol. The van der Waals surface area contributed by atoms with E-state index in [1.165, 1.54) is 40.2 Å². The van der Waals surface area contributed by atoms with E-state index in [0.29, 0.717) is 18.0 Å². The summed E-state index contributed by atoms with van der Waals surface area (Å²) in [5.74, 6) is -0.910. The zero-order valence-corrected chi connectivity index (χ0v) is 19.9. The Hall–Kier alpha value is -3.60. The fourth-order valence-corrected chi connectivity index (χ4v) is 3.85. The van der Waals surface area contributed by atoms with Crippen molar-refractivity contribution in [1.29, 1.82) is 0 Å². The van der Waals surface area contributed by atoms with Gasteiger partial charge in [0.1, 0.15) is 22.2 Å². The lowest BCUT2D eigenvalue weighted by Crippen LogP contribution is -2.28. The van der Waals surface area contributed by atoms with Gasteiger partial charge >= 0.3 is 6.36 Å². The fourth-order valence-electron chi connectivity index (χ4n) is 3.14. The minimum absolute atomic E-state index is 0.112. The normalized spacial score (nSPS) is 11.1. The minimum Gasteiger partial charge on any atom is -0.484 e. The maximum absolute atomic E-state index is 12.3. The molecular formula is C24H24F3N3O4S. The third-order valence-electron chi connectivity index (χ3n) is 4.83. The number of halogens is 3. The molecule has 1 heterocycles. The highest BCUT2D eigenvalue weighted by atomic mass is 32.1. The number of benzene rings is 2. The van der Waals surface area contributed by atoms with Crippen LogP contribution in [0.5, 0.6) is 11.5 Å². The lowest BCUT2D eigenvalue weighted by atomic mass is 10.0. The van der Waals surface area contributed by atoms with Crippen molar-refractivity contribution in [3.8, 4) is 11.5 Å². The number of carbonyl (C=O) groups excluding carboxylic acids is 2. The molecule has 0 aliphatic rings. The number of aromatic nitrogens is 1. The number of aryl methyl sites for hydroxylation is 2. The van der Waals surface area contributed by atoms with Gasteiger partial charge in [-0.05, 0) is 55.7 Å². The van der Waals surface area contributed by atoms with Gasteiger partial charge in [-0.15, -0.1) is 24.5 Å². The SMILES string of the molecule is Cc1ccc(CCNC(=O)c2csc(CNC(=O)COc3ccc(OC(F)(F)F)cc3)n2)c(C)c1. The van der Waals surface area contributed by atoms with Gasteiger partial charge in [-0.2, -0.15) is 0 Å². The van der Waals surface area contributed by atoms with Crippen LogP contribution in [0.25, 0.3) is 0 Å². The molecule has 0 radical (unpaired) electrons. The summed E-state index contributed by atoms with van der Waals surface area (Å²) in [6.07, 6.45) is -4.07. The van der Waals surface area contributed by atoms with Gasteiger partial charge < -0.3 is 20.1 Å². The number of nitrogens with one attached hydrogen (secondary N) is 2. The Morgan fingerprint density at radius 2 is 1.74 bits per heavy atom. The molecule has 2 amide bonds. The van der Waals surface area contributed by atoms with Crippen molar-refractivity contribution >= 4 is 23.2 Å². The first-order valence-corrected chi connectivity index (χ1v) is 11.5. The number of hydrogen-bond donors (Lipinski definition) is 2. The van der Waals surface area contributed by atoms with E-state index in [9.17, 15) is 22.8 Å². The Labute approximate surface area is 204 Å². The molecule has 1 aromatic heterocycles. The summed E-state index contributed by atoms with van der Waals surface area (Å²) in [7, 11) is 0. The second kappa shape index (κ2) is 11.7. The van der Waals surface area contributed by atoms with Crippen molar-refractivity contribution in [1.82, 2.24) is 15.6 Å². The number of hydrogen-bond acceptors (Lipinski definition) is 6. The summed E-state index contributed by atoms with van der Waals surface area (Å²) < 4.78 is 45.6. The first-order valence-electron chi connectivity index (χ1n) is 10.6. The van der Waals surface area contributed by atoms with Gasteiger partial charge in [-0.25, -0.2) is 4.98 Å². The van der Waals surface area contributed by atoms with Crippen LogP contribution in [0.1, 0.15) is 32.2 Å². The predicted octanol–water partition coefficient (Wildman–Crippen LogP) is 4.33. The second-order valence-corrected chi connectivity index (χ2v) is 8.59. The van der Waals surface area contributed by atoms with Gasteiger partial charge in [0.25, 0.3) is 11.8 Å². The van der Waals surface area contributed by atoms with Crippen LogP contribution < -0.4 is 20.1 Å². The third-order valence-corrected chi connectivity index (χ3v) is 5.68. The Morgan fingerprint density at radius 1 is 1.03 bits per heavy atom. The van der Waals surface area contributed by atoms with E-state index >= 15 is 0 Å². The molecule has 2 aromatic carbocycles. The summed E-state index contributed by atoms with van der Waals surface area (Å²) in [6, 6.07) is 10.9. The van der Waals surface area contributed by atoms with Crippen molar-refractivity contribution < 1.29 is 32.2 Å². The molecule has 3 rings (SSSR count). The van der Waals surface area contributed by atoms with Crippen molar-refractivity contribution in [2.45, 2.75) is 33.2 Å². The Morgan fingerprint density at radius 3 is 2.43 bits per heavy atom. The molecule has 0 spiro atoms. The highest BCUT2D eigenvalue weighted by Crippen LogP contribution is 2.24. The van der Waals surface area contributed by atoms with E-state index in [1.54, 1.807) is 5.38 Å². The number of nitrogens with zero attached hydrogens (tertiary/aromatic N) is 1. The van der Waals surface area contributed by atoms with E-state index in [2.05, 4.69) is 32.5 Å². The zero-order valence-electron chi connectivity index (χ0n) is 19.1. The molecule has 0 saturated carbocycles. The number of thiazole rings is 1. The molecule has 0 aliphatic heterocycles. The molecule has 0 saturated heterocycles. The van der Waals surface area contributed by atoms with E-state index in [4.69, 9.17) is 4.74 Å². The maximum Gasteiger partial charge on any atom is 0.573 e. The molecule has 11 heteroatoms. The van der Waals surface area contributed by atoms with Gasteiger partial charge in [0, 0.05) is 11.9 Å². The van der Waals surface area contributed by atoms with Crippen LogP contribution in [-0.2, 0) is 17.8 Å². The average molecular weight is 508 g/mol. The summed E-state index contributed by atoms with van der Waals surface area (Å²) in [5.41, 5.74) is 3.82. The van der Waals surface area contributed by atoms with Crippen LogP contribution in [0.4, 0.5) is 13.2 Å². The monoisotopic (exact) mass is 507 g/mol. The summed E-state index contributed by atoms with van der Waals surface area (Å²) >= 11 is 1.24. The zero-order chi connectivity index (χ0) is 25.4. The fraction of sp³-hybridized carbons (Fsp3) is 0.292. The Kier molecular flexibility index (Phi) is 8.69. The van der Waals surface area contributed by atoms with Gasteiger partial charge in [0.15, 0.2) is 6.61 Å². The smallest absolute Gasteiger partial charge is 0.484 e. The maximum atomic E-state index is 12.3. The standard InChI is InChI=1S/C24H24F3N3O4S/c1-15-3-4-17(16(2)11-15)9-10-28-23(32)20-14-35-22(30-20)12-29-21(31)13-33-18-5-7-19(8-6-18)34-24(25,26)27/h3-8,11,14H,9-10,12-13H2,1-2H3,(H,28,32)(H,29,31). The van der Waals surface area contributed by atoms with E-state index in [0.717, 1.165) is 12.1 Å². The highest BCUT2D eigenvalue weighted by Gasteiger charge is 2.31. The van der Waals surface area contributed by atoms with Crippen molar-refractivity contribution in [3.63, 3.8) is 0 Å². The van der Waals surface area contributed by atoms with Crippen LogP contribution in [0.15, 0.2) is 47.8 Å². The van der Waals surface area contributed by atoms with Crippen LogP contribution in [-0.4, -0.2) is 36.3 Å². The quantitative estimate of drug-likeness (QED) is 0.427. The number of rotatable bonds is 10. The lowest BCUT2D eigenvalue weighted by Gasteiger charge is -2.10. The molecule has 186 valence electrons. The van der Waals surface area contributed by atoms with Crippen LogP contribution in [0.3, 0.4) is 0 Å². The highest BCUT2D eigenvalue weighted by molar-refractivity contribution is 7.09. The molecule has 7 nitrogen and oxygen atoms in total. The van der Waals surface area contributed by atoms with Crippen molar-refractivity contribution in [2.75, 3.05) is 13.2 Å². The van der Waals surface area contributed by atoms with Gasteiger partial charge in [0.05, 0.1) is 6.54 Å². The molecule has 3 aromatic rings. The first-order chi connectivity index (χ1) is 16.6. The van der Waals surface area contributed by atoms with Gasteiger partial charge in [-0.1, -0.05) is 23.8 Å². The molecular weight excluding hydrogens is 483 g/mol. The number of ether oxygens (including phenoxy) is 2. The second-order valence-electron chi connectivity index (χ2n) is 7.65. The van der Waals surface area contributed by atoms with Gasteiger partial charge in [0.2, 0.25) is 0 Å². The van der Waals surface area contributed by atoms with Crippen LogP contribution >= 0.6 is 11.3 Å². The summed E-state index contributed by atoms with van der Waals surface area (Å²) in [4.78, 5) is 28.6. The molecule has 2 N–H and O–H groups in total. The van der Waals surface area contributed by atoms with E-state index in [-0.39, 0.29) is 36.3 Å². The van der Waals surface area contributed by atoms with Crippen molar-refractivity contribution in [2.24, 2.45) is 0 Å². The van der Waals surface area contributed by atoms with E-state index in [1.807, 2.05) is 19.9 Å². The van der Waals surface area contributed by atoms with E-state index < -0.39 is 12.3 Å². The summed E-state index contributed by atoms with van der Waals surface area (Å²) in [6.45, 7) is 4.33. The van der Waals surface area contributed by atoms with Crippen LogP contribution in [0.2, 0.25) is 0 Å². The van der Waals surface area contributed by atoms with Crippen LogP contribution in [0, 0.1) is 13.8 Å².